The number of hydrogen-bond donors (Lipinski definition) is 1. The van der Waals surface area contributed by atoms with Crippen LogP contribution in [0.5, 0.6) is 0 Å². The van der Waals surface area contributed by atoms with Gasteiger partial charge in [0, 0.05) is 30.8 Å². The molecule has 0 amide bonds. The second kappa shape index (κ2) is 6.89. The largest absolute Gasteiger partial charge is 0.365 e. The van der Waals surface area contributed by atoms with Crippen LogP contribution < -0.4 is 5.32 Å². The van der Waals surface area contributed by atoms with Crippen LogP contribution in [0.1, 0.15) is 18.5 Å². The maximum Gasteiger partial charge on any atom is 0.304 e. The van der Waals surface area contributed by atoms with Crippen molar-refractivity contribution in [1.82, 2.24) is 9.78 Å². The number of nitrogens with zero attached hydrogens (tertiary/aromatic N) is 3. The number of anilines is 1. The summed E-state index contributed by atoms with van der Waals surface area (Å²) in [5.41, 5.74) is 1.51. The smallest absolute Gasteiger partial charge is 0.304 e. The van der Waals surface area contributed by atoms with E-state index in [2.05, 4.69) is 10.4 Å². The molecule has 1 unspecified atom stereocenters. The topological polar surface area (TPSA) is 107 Å². The van der Waals surface area contributed by atoms with E-state index in [-0.39, 0.29) is 20.9 Å². The zero-order chi connectivity index (χ0) is 18.9. The molecule has 0 saturated carbocycles. The first kappa shape index (κ1) is 18.1. The fourth-order valence-corrected chi connectivity index (χ4v) is 4.45. The van der Waals surface area contributed by atoms with Crippen LogP contribution in [-0.2, 0) is 9.84 Å². The maximum atomic E-state index is 11.7. The van der Waals surface area contributed by atoms with Crippen LogP contribution in [0.4, 0.5) is 10.7 Å². The van der Waals surface area contributed by atoms with Gasteiger partial charge in [-0.25, -0.2) is 13.1 Å². The van der Waals surface area contributed by atoms with E-state index in [1.807, 2.05) is 43.5 Å². The van der Waals surface area contributed by atoms with Crippen molar-refractivity contribution in [1.29, 1.82) is 0 Å². The van der Waals surface area contributed by atoms with E-state index in [1.165, 1.54) is 0 Å². The minimum Gasteiger partial charge on any atom is -0.365 e. The molecule has 1 aromatic carbocycles. The molecule has 0 aliphatic carbocycles. The van der Waals surface area contributed by atoms with E-state index in [0.717, 1.165) is 34.9 Å². The molecule has 1 N–H and O–H groups in total. The number of thiophene rings is 1. The molecule has 0 spiro atoms. The molecule has 0 saturated heterocycles. The maximum absolute atomic E-state index is 11.7. The summed E-state index contributed by atoms with van der Waals surface area (Å²) in [7, 11) is -3.51. The summed E-state index contributed by atoms with van der Waals surface area (Å²) < 4.78 is 25.1. The molecule has 0 fully saturated rings. The van der Waals surface area contributed by atoms with E-state index in [4.69, 9.17) is 0 Å². The molecule has 2 heterocycles. The summed E-state index contributed by atoms with van der Waals surface area (Å²) in [4.78, 5) is 10.7. The predicted molar refractivity (Wildman–Crippen MR) is 99.7 cm³/mol. The van der Waals surface area contributed by atoms with Gasteiger partial charge in [-0.2, -0.15) is 5.10 Å². The Hall–Kier alpha value is -2.72. The Morgan fingerprint density at radius 3 is 2.69 bits per heavy atom. The van der Waals surface area contributed by atoms with Gasteiger partial charge in [0.1, 0.15) is 4.21 Å². The third kappa shape index (κ3) is 3.75. The number of hydrogen-bond acceptors (Lipinski definition) is 7. The molecule has 0 aliphatic heterocycles. The van der Waals surface area contributed by atoms with Gasteiger partial charge in [-0.3, -0.25) is 10.1 Å². The summed E-state index contributed by atoms with van der Waals surface area (Å²) in [5.74, 6) is 0. The number of sulfone groups is 1. The van der Waals surface area contributed by atoms with Gasteiger partial charge in [-0.1, -0.05) is 23.5 Å². The molecule has 3 aromatic rings. The fourth-order valence-electron chi connectivity index (χ4n) is 2.42. The molecule has 136 valence electrons. The zero-order valence-electron chi connectivity index (χ0n) is 14.0. The number of benzene rings is 1. The van der Waals surface area contributed by atoms with Crippen LogP contribution in [0.3, 0.4) is 0 Å². The van der Waals surface area contributed by atoms with Crippen molar-refractivity contribution in [3.63, 3.8) is 0 Å². The van der Waals surface area contributed by atoms with Crippen LogP contribution in [-0.4, -0.2) is 29.4 Å². The van der Waals surface area contributed by atoms with E-state index >= 15 is 0 Å². The molecule has 2 aromatic heterocycles. The van der Waals surface area contributed by atoms with E-state index < -0.39 is 14.8 Å². The molecular formula is C16H16N4O4S2. The van der Waals surface area contributed by atoms with Crippen LogP contribution in [0.15, 0.2) is 53.0 Å². The number of nitro groups is 1. The lowest BCUT2D eigenvalue weighted by Crippen LogP contribution is -2.07. The third-order valence-corrected chi connectivity index (χ3v) is 6.60. The van der Waals surface area contributed by atoms with Gasteiger partial charge < -0.3 is 5.32 Å². The summed E-state index contributed by atoms with van der Waals surface area (Å²) in [6.45, 7) is 1.85. The highest BCUT2D eigenvalue weighted by Crippen LogP contribution is 2.39. The molecule has 8 nitrogen and oxygen atoms in total. The van der Waals surface area contributed by atoms with Crippen molar-refractivity contribution in [2.24, 2.45) is 0 Å². The Morgan fingerprint density at radius 1 is 1.31 bits per heavy atom. The van der Waals surface area contributed by atoms with Gasteiger partial charge in [0.2, 0.25) is 0 Å². The highest BCUT2D eigenvalue weighted by Gasteiger charge is 2.25. The summed E-state index contributed by atoms with van der Waals surface area (Å²) in [6.07, 6.45) is 4.53. The normalized spacial score (nSPS) is 12.7. The van der Waals surface area contributed by atoms with Gasteiger partial charge in [0.25, 0.3) is 0 Å². The highest BCUT2D eigenvalue weighted by molar-refractivity contribution is 7.92. The van der Waals surface area contributed by atoms with Crippen molar-refractivity contribution in [3.05, 3.63) is 64.5 Å². The Labute approximate surface area is 154 Å². The molecule has 10 heteroatoms. The summed E-state index contributed by atoms with van der Waals surface area (Å²) in [6, 6.07) is 10.2. The van der Waals surface area contributed by atoms with Gasteiger partial charge in [0.15, 0.2) is 14.8 Å². The van der Waals surface area contributed by atoms with E-state index in [1.54, 1.807) is 10.9 Å². The molecule has 26 heavy (non-hydrogen) atoms. The van der Waals surface area contributed by atoms with Crippen LogP contribution in [0, 0.1) is 10.1 Å². The van der Waals surface area contributed by atoms with Gasteiger partial charge in [0.05, 0.1) is 10.6 Å². The first-order valence-corrected chi connectivity index (χ1v) is 10.3. The minimum absolute atomic E-state index is 0.0378. The Morgan fingerprint density at radius 2 is 2.08 bits per heavy atom. The Balaban J connectivity index is 1.91. The average molecular weight is 392 g/mol. The quantitative estimate of drug-likeness (QED) is 0.509. The van der Waals surface area contributed by atoms with Crippen LogP contribution in [0.25, 0.3) is 5.69 Å². The SMILES string of the molecule is CC(Nc1sc(S(C)(=O)=O)cc1[N+](=O)[O-])c1cccc(-n2cccn2)c1. The molecule has 0 aliphatic rings. The highest BCUT2D eigenvalue weighted by atomic mass is 32.2. The lowest BCUT2D eigenvalue weighted by atomic mass is 10.1. The minimum atomic E-state index is -3.51. The summed E-state index contributed by atoms with van der Waals surface area (Å²) in [5, 5.41) is 18.7. The van der Waals surface area contributed by atoms with Gasteiger partial charge in [-0.05, 0) is 30.7 Å². The lowest BCUT2D eigenvalue weighted by Gasteiger charge is -2.15. The van der Waals surface area contributed by atoms with E-state index in [0.29, 0.717) is 0 Å². The van der Waals surface area contributed by atoms with Gasteiger partial charge in [-0.15, -0.1) is 0 Å². The van der Waals surface area contributed by atoms with Crippen molar-refractivity contribution in [2.45, 2.75) is 17.2 Å². The fraction of sp³-hybridized carbons (Fsp3) is 0.188. The summed E-state index contributed by atoms with van der Waals surface area (Å²) >= 11 is 0.861. The molecule has 1 atom stereocenters. The number of nitrogens with one attached hydrogen (secondary N) is 1. The third-order valence-electron chi connectivity index (χ3n) is 3.74. The Bertz CT molecular complexity index is 1040. The van der Waals surface area contributed by atoms with Crippen LogP contribution >= 0.6 is 11.3 Å². The Kier molecular flexibility index (Phi) is 4.79. The first-order valence-electron chi connectivity index (χ1n) is 7.60. The van der Waals surface area contributed by atoms with Crippen LogP contribution in [0.2, 0.25) is 0 Å². The molecule has 3 rings (SSSR count). The van der Waals surface area contributed by atoms with Crippen molar-refractivity contribution >= 4 is 31.9 Å². The van der Waals surface area contributed by atoms with Gasteiger partial charge >= 0.3 is 5.69 Å². The molecular weight excluding hydrogens is 376 g/mol. The standard InChI is InChI=1S/C16H16N4O4S2/c1-11(12-5-3-6-13(9-12)19-8-4-7-17-19)18-16-14(20(21)22)10-15(25-16)26(2,23)24/h3-11,18H,1-2H3. The van der Waals surface area contributed by atoms with E-state index in [9.17, 15) is 18.5 Å². The second-order valence-corrected chi connectivity index (χ2v) is 9.02. The second-order valence-electron chi connectivity index (χ2n) is 5.72. The zero-order valence-corrected chi connectivity index (χ0v) is 15.6. The molecule has 0 bridgehead atoms. The first-order chi connectivity index (χ1) is 12.3. The molecule has 0 radical (unpaired) electrons. The van der Waals surface area contributed by atoms with Crippen molar-refractivity contribution in [3.8, 4) is 5.69 Å². The predicted octanol–water partition coefficient (Wildman–Crippen LogP) is 3.42. The number of rotatable bonds is 6. The lowest BCUT2D eigenvalue weighted by molar-refractivity contribution is -0.383. The monoisotopic (exact) mass is 392 g/mol. The average Bonchev–Trinajstić information content (AvgIpc) is 3.24. The number of aromatic nitrogens is 2. The van der Waals surface area contributed by atoms with Crippen molar-refractivity contribution < 1.29 is 13.3 Å². The van der Waals surface area contributed by atoms with Crippen molar-refractivity contribution in [2.75, 3.05) is 11.6 Å².